The number of carboxylic acids is 1. The van der Waals surface area contributed by atoms with E-state index >= 15 is 0 Å². The van der Waals surface area contributed by atoms with Crippen LogP contribution in [0.15, 0.2) is 72.8 Å². The first-order chi connectivity index (χ1) is 16.8. The van der Waals surface area contributed by atoms with Crippen molar-refractivity contribution in [3.8, 4) is 11.1 Å². The lowest BCUT2D eigenvalue weighted by atomic mass is 9.98. The van der Waals surface area contributed by atoms with Gasteiger partial charge in [0, 0.05) is 29.1 Å². The Bertz CT molecular complexity index is 1220. The first-order valence-corrected chi connectivity index (χ1v) is 11.6. The summed E-state index contributed by atoms with van der Waals surface area (Å²) >= 11 is 6.00. The number of halogens is 1. The van der Waals surface area contributed by atoms with E-state index in [0.717, 1.165) is 27.2 Å². The summed E-state index contributed by atoms with van der Waals surface area (Å²) in [7, 11) is 0. The highest BCUT2D eigenvalue weighted by atomic mass is 35.5. The van der Waals surface area contributed by atoms with Gasteiger partial charge < -0.3 is 20.1 Å². The first-order valence-electron chi connectivity index (χ1n) is 11.2. The molecule has 1 aliphatic carbocycles. The quantitative estimate of drug-likeness (QED) is 0.457. The number of hydrogen-bond acceptors (Lipinski definition) is 4. The number of hydrogen-bond donors (Lipinski definition) is 2. The molecule has 8 heteroatoms. The molecule has 0 fully saturated rings. The number of carbonyl (C=O) groups is 3. The maximum absolute atomic E-state index is 12.9. The predicted octanol–water partition coefficient (Wildman–Crippen LogP) is 5.07. The van der Waals surface area contributed by atoms with Crippen molar-refractivity contribution >= 4 is 35.3 Å². The van der Waals surface area contributed by atoms with Crippen LogP contribution in [0.5, 0.6) is 0 Å². The van der Waals surface area contributed by atoms with Crippen molar-refractivity contribution in [2.24, 2.45) is 0 Å². The van der Waals surface area contributed by atoms with Gasteiger partial charge in [0.2, 0.25) is 5.91 Å². The summed E-state index contributed by atoms with van der Waals surface area (Å²) in [6, 6.07) is 21.9. The van der Waals surface area contributed by atoms with Gasteiger partial charge in [-0.05, 0) is 47.4 Å². The second-order valence-electron chi connectivity index (χ2n) is 8.43. The fourth-order valence-electron chi connectivity index (χ4n) is 4.37. The van der Waals surface area contributed by atoms with Gasteiger partial charge in [0.1, 0.15) is 13.2 Å². The van der Waals surface area contributed by atoms with E-state index in [1.165, 1.54) is 6.07 Å². The highest BCUT2D eigenvalue weighted by Gasteiger charge is 2.29. The predicted molar refractivity (Wildman–Crippen MR) is 134 cm³/mol. The molecule has 4 rings (SSSR count). The molecule has 35 heavy (non-hydrogen) atoms. The molecule has 0 aromatic heterocycles. The van der Waals surface area contributed by atoms with E-state index < -0.39 is 30.6 Å². The molecular weight excluding hydrogens is 468 g/mol. The van der Waals surface area contributed by atoms with Gasteiger partial charge in [0.15, 0.2) is 0 Å². The average molecular weight is 493 g/mol. The number of aliphatic carboxylic acids is 1. The normalized spacial score (nSPS) is 12.9. The topological polar surface area (TPSA) is 95.9 Å². The fourth-order valence-corrected chi connectivity index (χ4v) is 4.55. The summed E-state index contributed by atoms with van der Waals surface area (Å²) in [4.78, 5) is 37.8. The Morgan fingerprint density at radius 3 is 2.23 bits per heavy atom. The number of carbonyl (C=O) groups excluding carboxylic acids is 2. The number of nitrogens with one attached hydrogen (secondary N) is 1. The zero-order valence-electron chi connectivity index (χ0n) is 19.1. The number of carboxylic acid groups (broad SMARTS) is 1. The molecule has 0 bridgehead atoms. The number of alkyl carbamates (subject to hydrolysis) is 1. The standard InChI is InChI=1S/C27H25ClN2O5/c1-17(13-25(31)30(15-26(32)33)19-8-6-7-18(28)14-19)29-27(34)35-16-24-22-11-4-2-9-20(22)21-10-3-5-12-23(21)24/h2-12,14,17,24H,13,15-16H2,1H3,(H,29,34)(H,32,33). The summed E-state index contributed by atoms with van der Waals surface area (Å²) in [6.07, 6.45) is -0.746. The van der Waals surface area contributed by atoms with Gasteiger partial charge in [-0.25, -0.2) is 4.79 Å². The monoisotopic (exact) mass is 492 g/mol. The van der Waals surface area contributed by atoms with Crippen LogP contribution in [0.25, 0.3) is 11.1 Å². The first kappa shape index (κ1) is 24.3. The number of benzene rings is 3. The lowest BCUT2D eigenvalue weighted by Crippen LogP contribution is -2.41. The van der Waals surface area contributed by atoms with Crippen LogP contribution in [0, 0.1) is 0 Å². The average Bonchev–Trinajstić information content (AvgIpc) is 3.14. The third-order valence-corrected chi connectivity index (χ3v) is 6.14. The smallest absolute Gasteiger partial charge is 0.407 e. The third kappa shape index (κ3) is 5.63. The van der Waals surface area contributed by atoms with Crippen LogP contribution in [0.4, 0.5) is 10.5 Å². The van der Waals surface area contributed by atoms with Gasteiger partial charge in [-0.2, -0.15) is 0 Å². The van der Waals surface area contributed by atoms with Crippen molar-refractivity contribution < 1.29 is 24.2 Å². The highest BCUT2D eigenvalue weighted by Crippen LogP contribution is 2.44. The molecule has 0 heterocycles. The van der Waals surface area contributed by atoms with E-state index in [4.69, 9.17) is 16.3 Å². The van der Waals surface area contributed by atoms with E-state index in [1.807, 2.05) is 36.4 Å². The Balaban J connectivity index is 1.36. The summed E-state index contributed by atoms with van der Waals surface area (Å²) in [5, 5.41) is 12.3. The van der Waals surface area contributed by atoms with Crippen LogP contribution in [0.2, 0.25) is 5.02 Å². The molecule has 0 spiro atoms. The summed E-state index contributed by atoms with van der Waals surface area (Å²) in [5.74, 6) is -1.68. The lowest BCUT2D eigenvalue weighted by molar-refractivity contribution is -0.136. The van der Waals surface area contributed by atoms with Crippen molar-refractivity contribution in [3.63, 3.8) is 0 Å². The lowest BCUT2D eigenvalue weighted by Gasteiger charge is -2.23. The van der Waals surface area contributed by atoms with Crippen molar-refractivity contribution in [3.05, 3.63) is 88.9 Å². The van der Waals surface area contributed by atoms with Crippen LogP contribution in [0.1, 0.15) is 30.4 Å². The minimum atomic E-state index is -1.16. The van der Waals surface area contributed by atoms with Crippen LogP contribution < -0.4 is 10.2 Å². The van der Waals surface area contributed by atoms with E-state index in [2.05, 4.69) is 17.4 Å². The van der Waals surface area contributed by atoms with Crippen LogP contribution in [-0.4, -0.2) is 42.3 Å². The zero-order chi connectivity index (χ0) is 24.9. The number of ether oxygens (including phenoxy) is 1. The number of fused-ring (bicyclic) bond motifs is 3. The van der Waals surface area contributed by atoms with Gasteiger partial charge in [0.25, 0.3) is 0 Å². The van der Waals surface area contributed by atoms with E-state index in [0.29, 0.717) is 10.7 Å². The third-order valence-electron chi connectivity index (χ3n) is 5.90. The molecule has 2 N–H and O–H groups in total. The second kappa shape index (κ2) is 10.6. The molecule has 180 valence electrons. The van der Waals surface area contributed by atoms with E-state index in [-0.39, 0.29) is 18.9 Å². The summed E-state index contributed by atoms with van der Waals surface area (Å²) in [6.45, 7) is 1.31. The number of rotatable bonds is 8. The Labute approximate surface area is 208 Å². The number of anilines is 1. The largest absolute Gasteiger partial charge is 0.480 e. The molecule has 1 unspecified atom stereocenters. The van der Waals surface area contributed by atoms with Crippen molar-refractivity contribution in [1.29, 1.82) is 0 Å². The van der Waals surface area contributed by atoms with Gasteiger partial charge in [0.05, 0.1) is 0 Å². The van der Waals surface area contributed by atoms with Crippen LogP contribution >= 0.6 is 11.6 Å². The molecule has 0 radical (unpaired) electrons. The molecule has 0 aliphatic heterocycles. The van der Waals surface area contributed by atoms with Gasteiger partial charge >= 0.3 is 12.1 Å². The van der Waals surface area contributed by atoms with E-state index in [1.54, 1.807) is 25.1 Å². The molecule has 1 aliphatic rings. The molecule has 0 saturated carbocycles. The van der Waals surface area contributed by atoms with Crippen LogP contribution in [0.3, 0.4) is 0 Å². The Morgan fingerprint density at radius 2 is 1.63 bits per heavy atom. The Kier molecular flexibility index (Phi) is 7.36. The Hall–Kier alpha value is -3.84. The molecule has 7 nitrogen and oxygen atoms in total. The molecule has 1 atom stereocenters. The Morgan fingerprint density at radius 1 is 1.00 bits per heavy atom. The molecule has 3 aromatic rings. The minimum absolute atomic E-state index is 0.0704. The minimum Gasteiger partial charge on any atom is -0.480 e. The number of nitrogens with zero attached hydrogens (tertiary/aromatic N) is 1. The highest BCUT2D eigenvalue weighted by molar-refractivity contribution is 6.31. The second-order valence-corrected chi connectivity index (χ2v) is 8.86. The summed E-state index contributed by atoms with van der Waals surface area (Å²) < 4.78 is 5.53. The van der Waals surface area contributed by atoms with Crippen molar-refractivity contribution in [2.75, 3.05) is 18.1 Å². The maximum atomic E-state index is 12.9. The van der Waals surface area contributed by atoms with Gasteiger partial charge in [-0.3, -0.25) is 9.59 Å². The maximum Gasteiger partial charge on any atom is 0.407 e. The SMILES string of the molecule is CC(CC(=O)N(CC(=O)O)c1cccc(Cl)c1)NC(=O)OCC1c2ccccc2-c2ccccc21. The van der Waals surface area contributed by atoms with Crippen molar-refractivity contribution in [1.82, 2.24) is 5.32 Å². The molecule has 2 amide bonds. The van der Waals surface area contributed by atoms with Crippen molar-refractivity contribution in [2.45, 2.75) is 25.3 Å². The van der Waals surface area contributed by atoms with Gasteiger partial charge in [-0.15, -0.1) is 0 Å². The number of amides is 2. The zero-order valence-corrected chi connectivity index (χ0v) is 19.9. The van der Waals surface area contributed by atoms with Crippen LogP contribution in [-0.2, 0) is 14.3 Å². The summed E-state index contributed by atoms with van der Waals surface area (Å²) in [5.41, 5.74) is 4.86. The molecule has 3 aromatic carbocycles. The molecular formula is C27H25ClN2O5. The fraction of sp³-hybridized carbons (Fsp3) is 0.222. The van der Waals surface area contributed by atoms with E-state index in [9.17, 15) is 19.5 Å². The molecule has 0 saturated heterocycles. The van der Waals surface area contributed by atoms with Gasteiger partial charge in [-0.1, -0.05) is 66.2 Å².